The third kappa shape index (κ3) is 5.01. The summed E-state index contributed by atoms with van der Waals surface area (Å²) in [4.78, 5) is 24.7. The van der Waals surface area contributed by atoms with E-state index in [1.807, 2.05) is 42.6 Å². The normalized spacial score (nSPS) is 11.6. The molecule has 25 heavy (non-hydrogen) atoms. The van der Waals surface area contributed by atoms with Crippen molar-refractivity contribution in [1.82, 2.24) is 0 Å². The number of benzene rings is 1. The van der Waals surface area contributed by atoms with Crippen molar-refractivity contribution < 1.29 is 14.3 Å². The maximum atomic E-state index is 12.3. The maximum absolute atomic E-state index is 12.3. The van der Waals surface area contributed by atoms with Gasteiger partial charge in [0.25, 0.3) is 0 Å². The van der Waals surface area contributed by atoms with E-state index in [1.54, 1.807) is 6.92 Å². The number of hydrogen-bond donors (Lipinski definition) is 0. The van der Waals surface area contributed by atoms with Crippen molar-refractivity contribution in [3.8, 4) is 16.5 Å². The van der Waals surface area contributed by atoms with Gasteiger partial charge in [-0.3, -0.25) is 9.59 Å². The first kappa shape index (κ1) is 18.9. The molecule has 2 rings (SSSR count). The Morgan fingerprint density at radius 3 is 2.52 bits per heavy atom. The number of hydrogen-bond acceptors (Lipinski definition) is 5. The summed E-state index contributed by atoms with van der Waals surface area (Å²) >= 11 is 1.54. The van der Waals surface area contributed by atoms with Crippen molar-refractivity contribution in [2.45, 2.75) is 33.1 Å². The van der Waals surface area contributed by atoms with Crippen molar-refractivity contribution in [3.63, 3.8) is 0 Å². The molecule has 0 saturated heterocycles. The molecule has 0 N–H and O–H groups in total. The second kappa shape index (κ2) is 9.14. The topological polar surface area (TPSA) is 67.2 Å². The molecule has 1 aromatic carbocycles. The molecule has 5 heteroatoms. The number of esters is 1. The van der Waals surface area contributed by atoms with E-state index < -0.39 is 5.97 Å². The predicted molar refractivity (Wildman–Crippen MR) is 98.2 cm³/mol. The standard InChI is InChI=1S/C20H21NO3S/c1-3-15(18(22)12-19(23)24-4-2)11-14-5-7-16(8-6-14)20-17(13-21)9-10-25-20/h5-10,15H,3-4,11-12H2,1-2H3. The molecule has 0 amide bonds. The largest absolute Gasteiger partial charge is 0.466 e. The van der Waals surface area contributed by atoms with E-state index in [1.165, 1.54) is 11.3 Å². The lowest BCUT2D eigenvalue weighted by Crippen LogP contribution is -2.21. The van der Waals surface area contributed by atoms with E-state index in [0.29, 0.717) is 18.4 Å². The number of thiophene rings is 1. The molecule has 2 aromatic rings. The van der Waals surface area contributed by atoms with Crippen LogP contribution in [0.3, 0.4) is 0 Å². The monoisotopic (exact) mass is 355 g/mol. The van der Waals surface area contributed by atoms with Crippen LogP contribution < -0.4 is 0 Å². The Bertz CT molecular complexity index is 771. The number of ether oxygens (including phenoxy) is 1. The molecule has 1 atom stereocenters. The van der Waals surface area contributed by atoms with Crippen molar-refractivity contribution in [3.05, 3.63) is 46.8 Å². The smallest absolute Gasteiger partial charge is 0.313 e. The van der Waals surface area contributed by atoms with Crippen LogP contribution in [-0.4, -0.2) is 18.4 Å². The van der Waals surface area contributed by atoms with Gasteiger partial charge < -0.3 is 4.74 Å². The Morgan fingerprint density at radius 2 is 1.92 bits per heavy atom. The van der Waals surface area contributed by atoms with Gasteiger partial charge in [0.15, 0.2) is 0 Å². The third-order valence-electron chi connectivity index (χ3n) is 4.06. The highest BCUT2D eigenvalue weighted by Crippen LogP contribution is 2.29. The summed E-state index contributed by atoms with van der Waals surface area (Å²) < 4.78 is 4.85. The molecular weight excluding hydrogens is 334 g/mol. The second-order valence-electron chi connectivity index (χ2n) is 5.73. The Morgan fingerprint density at radius 1 is 1.20 bits per heavy atom. The van der Waals surface area contributed by atoms with Crippen LogP contribution in [-0.2, 0) is 20.7 Å². The Labute approximate surface area is 152 Å². The lowest BCUT2D eigenvalue weighted by Gasteiger charge is -2.14. The van der Waals surface area contributed by atoms with E-state index in [9.17, 15) is 9.59 Å². The zero-order valence-corrected chi connectivity index (χ0v) is 15.3. The molecule has 1 heterocycles. The molecule has 0 aliphatic rings. The third-order valence-corrected chi connectivity index (χ3v) is 5.02. The van der Waals surface area contributed by atoms with E-state index in [0.717, 1.165) is 16.0 Å². The van der Waals surface area contributed by atoms with E-state index in [4.69, 9.17) is 10.00 Å². The molecule has 0 spiro atoms. The highest BCUT2D eigenvalue weighted by molar-refractivity contribution is 7.13. The molecule has 0 radical (unpaired) electrons. The second-order valence-corrected chi connectivity index (χ2v) is 6.65. The summed E-state index contributed by atoms with van der Waals surface area (Å²) in [6.07, 6.45) is 1.12. The van der Waals surface area contributed by atoms with Crippen LogP contribution in [0.2, 0.25) is 0 Å². The van der Waals surface area contributed by atoms with Crippen LogP contribution >= 0.6 is 11.3 Å². The van der Waals surface area contributed by atoms with Gasteiger partial charge in [-0.1, -0.05) is 31.2 Å². The van der Waals surface area contributed by atoms with Crippen LogP contribution in [0.15, 0.2) is 35.7 Å². The number of ketones is 1. The zero-order valence-electron chi connectivity index (χ0n) is 14.5. The number of nitriles is 1. The van der Waals surface area contributed by atoms with Crippen LogP contribution in [0.4, 0.5) is 0 Å². The highest BCUT2D eigenvalue weighted by Gasteiger charge is 2.20. The van der Waals surface area contributed by atoms with Gasteiger partial charge >= 0.3 is 5.97 Å². The van der Waals surface area contributed by atoms with Crippen LogP contribution in [0.25, 0.3) is 10.4 Å². The summed E-state index contributed by atoms with van der Waals surface area (Å²) in [5.41, 5.74) is 2.72. The minimum absolute atomic E-state index is 0.0740. The maximum Gasteiger partial charge on any atom is 0.313 e. The lowest BCUT2D eigenvalue weighted by molar-refractivity contribution is -0.146. The first-order chi connectivity index (χ1) is 12.1. The number of Topliss-reactive ketones (excluding diaryl/α,β-unsaturated/α-hetero) is 1. The SMILES string of the molecule is CCOC(=O)CC(=O)C(CC)Cc1ccc(-c2sccc2C#N)cc1. The van der Waals surface area contributed by atoms with Gasteiger partial charge in [-0.05, 0) is 42.3 Å². The molecule has 0 saturated carbocycles. The first-order valence-electron chi connectivity index (χ1n) is 8.34. The first-order valence-corrected chi connectivity index (χ1v) is 9.22. The molecule has 0 bridgehead atoms. The molecule has 0 aliphatic carbocycles. The fourth-order valence-electron chi connectivity index (χ4n) is 2.68. The molecule has 0 fully saturated rings. The number of carbonyl (C=O) groups is 2. The molecule has 1 unspecified atom stereocenters. The number of nitrogens with zero attached hydrogens (tertiary/aromatic N) is 1. The average Bonchev–Trinajstić information content (AvgIpc) is 3.09. The molecule has 130 valence electrons. The highest BCUT2D eigenvalue weighted by atomic mass is 32.1. The van der Waals surface area contributed by atoms with Crippen molar-refractivity contribution in [1.29, 1.82) is 5.26 Å². The minimum atomic E-state index is -0.456. The predicted octanol–water partition coefficient (Wildman–Crippen LogP) is 4.38. The quantitative estimate of drug-likeness (QED) is 0.521. The van der Waals surface area contributed by atoms with Gasteiger partial charge in [0.2, 0.25) is 0 Å². The van der Waals surface area contributed by atoms with Gasteiger partial charge in [0.1, 0.15) is 18.3 Å². The van der Waals surface area contributed by atoms with Crippen LogP contribution in [0.5, 0.6) is 0 Å². The molecule has 0 aliphatic heterocycles. The van der Waals surface area contributed by atoms with Gasteiger partial charge in [0, 0.05) is 5.92 Å². The Kier molecular flexibility index (Phi) is 6.91. The Balaban J connectivity index is 2.05. The Hall–Kier alpha value is -2.45. The summed E-state index contributed by atoms with van der Waals surface area (Å²) in [5, 5.41) is 11.0. The van der Waals surface area contributed by atoms with Gasteiger partial charge in [-0.15, -0.1) is 11.3 Å². The van der Waals surface area contributed by atoms with Gasteiger partial charge in [-0.2, -0.15) is 5.26 Å². The van der Waals surface area contributed by atoms with Crippen molar-refractivity contribution in [2.24, 2.45) is 5.92 Å². The summed E-state index contributed by atoms with van der Waals surface area (Å²) in [7, 11) is 0. The summed E-state index contributed by atoms with van der Waals surface area (Å²) in [6, 6.07) is 11.9. The fourth-order valence-corrected chi connectivity index (χ4v) is 3.54. The van der Waals surface area contributed by atoms with E-state index in [2.05, 4.69) is 6.07 Å². The summed E-state index contributed by atoms with van der Waals surface area (Å²) in [6.45, 7) is 3.97. The average molecular weight is 355 g/mol. The van der Waals surface area contributed by atoms with Crippen molar-refractivity contribution in [2.75, 3.05) is 6.61 Å². The number of carbonyl (C=O) groups excluding carboxylic acids is 2. The fraction of sp³-hybridized carbons (Fsp3) is 0.350. The van der Waals surface area contributed by atoms with E-state index >= 15 is 0 Å². The van der Waals surface area contributed by atoms with E-state index in [-0.39, 0.29) is 24.7 Å². The van der Waals surface area contributed by atoms with Crippen LogP contribution in [0, 0.1) is 17.2 Å². The van der Waals surface area contributed by atoms with Crippen molar-refractivity contribution >= 4 is 23.1 Å². The van der Waals surface area contributed by atoms with Crippen LogP contribution in [0.1, 0.15) is 37.8 Å². The summed E-state index contributed by atoms with van der Waals surface area (Å²) in [5.74, 6) is -0.718. The lowest BCUT2D eigenvalue weighted by atomic mass is 9.91. The molecule has 4 nitrogen and oxygen atoms in total. The molecular formula is C20H21NO3S. The molecule has 1 aromatic heterocycles. The minimum Gasteiger partial charge on any atom is -0.466 e. The van der Waals surface area contributed by atoms with Gasteiger partial charge in [0.05, 0.1) is 17.0 Å². The van der Waals surface area contributed by atoms with Gasteiger partial charge in [-0.25, -0.2) is 0 Å². The number of rotatable bonds is 8. The zero-order chi connectivity index (χ0) is 18.2.